The highest BCUT2D eigenvalue weighted by molar-refractivity contribution is 7.98. The van der Waals surface area contributed by atoms with Gasteiger partial charge < -0.3 is 0 Å². The van der Waals surface area contributed by atoms with Crippen LogP contribution in [0.2, 0.25) is 0 Å². The SMILES string of the molecule is CSc1ccc(NC#N)c(-c2ccccc2)c1. The highest BCUT2D eigenvalue weighted by Crippen LogP contribution is 2.31. The van der Waals surface area contributed by atoms with Crippen LogP contribution in [0.3, 0.4) is 0 Å². The van der Waals surface area contributed by atoms with Crippen molar-refractivity contribution in [2.45, 2.75) is 4.90 Å². The van der Waals surface area contributed by atoms with Crippen molar-refractivity contribution in [2.24, 2.45) is 0 Å². The second-order valence-electron chi connectivity index (χ2n) is 3.51. The van der Waals surface area contributed by atoms with Crippen molar-refractivity contribution >= 4 is 17.4 Å². The summed E-state index contributed by atoms with van der Waals surface area (Å²) in [5.41, 5.74) is 3.01. The molecule has 1 N–H and O–H groups in total. The lowest BCUT2D eigenvalue weighted by atomic mass is 10.0. The standard InChI is InChI=1S/C14H12N2S/c1-17-12-7-8-14(16-10-15)13(9-12)11-5-3-2-4-6-11/h2-9,16H,1H3. The Morgan fingerprint density at radius 2 is 1.88 bits per heavy atom. The first kappa shape index (κ1) is 11.6. The van der Waals surface area contributed by atoms with Gasteiger partial charge in [0.2, 0.25) is 0 Å². The minimum absolute atomic E-state index is 0.844. The Morgan fingerprint density at radius 3 is 2.53 bits per heavy atom. The minimum Gasteiger partial charge on any atom is -0.292 e. The quantitative estimate of drug-likeness (QED) is 0.501. The van der Waals surface area contributed by atoms with E-state index in [-0.39, 0.29) is 0 Å². The van der Waals surface area contributed by atoms with Gasteiger partial charge in [-0.15, -0.1) is 11.8 Å². The van der Waals surface area contributed by atoms with E-state index < -0.39 is 0 Å². The molecule has 0 atom stereocenters. The molecule has 84 valence electrons. The van der Waals surface area contributed by atoms with Crippen molar-refractivity contribution in [2.75, 3.05) is 11.6 Å². The number of nitriles is 1. The van der Waals surface area contributed by atoms with Gasteiger partial charge >= 0.3 is 0 Å². The Balaban J connectivity index is 2.53. The van der Waals surface area contributed by atoms with E-state index in [2.05, 4.69) is 11.4 Å². The highest BCUT2D eigenvalue weighted by Gasteiger charge is 2.05. The predicted octanol–water partition coefficient (Wildman–Crippen LogP) is 3.97. The van der Waals surface area contributed by atoms with Crippen LogP contribution < -0.4 is 5.32 Å². The molecule has 2 aromatic rings. The summed E-state index contributed by atoms with van der Waals surface area (Å²) in [5.74, 6) is 0. The van der Waals surface area contributed by atoms with Gasteiger partial charge in [0.1, 0.15) is 0 Å². The molecule has 2 aromatic carbocycles. The highest BCUT2D eigenvalue weighted by atomic mass is 32.2. The third kappa shape index (κ3) is 2.61. The summed E-state index contributed by atoms with van der Waals surface area (Å²) >= 11 is 1.69. The first-order chi connectivity index (χ1) is 8.35. The molecule has 0 saturated heterocycles. The van der Waals surface area contributed by atoms with Crippen molar-refractivity contribution in [1.29, 1.82) is 5.26 Å². The van der Waals surface area contributed by atoms with Crippen molar-refractivity contribution in [3.05, 3.63) is 48.5 Å². The van der Waals surface area contributed by atoms with Gasteiger partial charge in [0, 0.05) is 10.5 Å². The van der Waals surface area contributed by atoms with Crippen molar-refractivity contribution in [3.8, 4) is 17.3 Å². The smallest absolute Gasteiger partial charge is 0.181 e. The van der Waals surface area contributed by atoms with Gasteiger partial charge in [-0.1, -0.05) is 30.3 Å². The van der Waals surface area contributed by atoms with E-state index in [1.807, 2.05) is 54.9 Å². The molecule has 0 heterocycles. The van der Waals surface area contributed by atoms with Gasteiger partial charge in [-0.2, -0.15) is 5.26 Å². The van der Waals surface area contributed by atoms with Crippen LogP contribution in [0, 0.1) is 11.5 Å². The Kier molecular flexibility index (Phi) is 3.69. The van der Waals surface area contributed by atoms with Crippen LogP contribution in [0.15, 0.2) is 53.4 Å². The average molecular weight is 240 g/mol. The fourth-order valence-corrected chi connectivity index (χ4v) is 2.12. The summed E-state index contributed by atoms with van der Waals surface area (Å²) in [4.78, 5) is 1.19. The van der Waals surface area contributed by atoms with Gasteiger partial charge in [0.25, 0.3) is 0 Å². The van der Waals surface area contributed by atoms with Crippen LogP contribution in [-0.2, 0) is 0 Å². The summed E-state index contributed by atoms with van der Waals surface area (Å²) in [6, 6.07) is 16.1. The number of thioether (sulfide) groups is 1. The summed E-state index contributed by atoms with van der Waals surface area (Å²) < 4.78 is 0. The zero-order valence-corrected chi connectivity index (χ0v) is 10.3. The number of anilines is 1. The molecule has 0 bridgehead atoms. The summed E-state index contributed by atoms with van der Waals surface area (Å²) in [7, 11) is 0. The fraction of sp³-hybridized carbons (Fsp3) is 0.0714. The Bertz CT molecular complexity index is 544. The molecule has 0 unspecified atom stereocenters. The predicted molar refractivity (Wildman–Crippen MR) is 72.9 cm³/mol. The van der Waals surface area contributed by atoms with Crippen molar-refractivity contribution < 1.29 is 0 Å². The third-order valence-electron chi connectivity index (χ3n) is 2.50. The normalized spacial score (nSPS) is 9.65. The molecule has 0 aromatic heterocycles. The molecule has 17 heavy (non-hydrogen) atoms. The van der Waals surface area contributed by atoms with Gasteiger partial charge in [-0.3, -0.25) is 5.32 Å². The van der Waals surface area contributed by atoms with Crippen LogP contribution in [0.4, 0.5) is 5.69 Å². The molecule has 0 saturated carbocycles. The minimum atomic E-state index is 0.844. The number of nitrogens with one attached hydrogen (secondary N) is 1. The molecular weight excluding hydrogens is 228 g/mol. The molecule has 0 radical (unpaired) electrons. The fourth-order valence-electron chi connectivity index (χ4n) is 1.68. The maximum Gasteiger partial charge on any atom is 0.181 e. The number of hydrogen-bond acceptors (Lipinski definition) is 3. The average Bonchev–Trinajstić information content (AvgIpc) is 2.40. The summed E-state index contributed by atoms with van der Waals surface area (Å²) in [5, 5.41) is 11.5. The zero-order valence-electron chi connectivity index (χ0n) is 9.47. The van der Waals surface area contributed by atoms with E-state index in [0.717, 1.165) is 16.8 Å². The number of benzene rings is 2. The number of hydrogen-bond donors (Lipinski definition) is 1. The van der Waals surface area contributed by atoms with E-state index >= 15 is 0 Å². The van der Waals surface area contributed by atoms with Gasteiger partial charge in [-0.05, 0) is 30.0 Å². The molecule has 0 amide bonds. The maximum atomic E-state index is 8.75. The molecule has 0 aliphatic rings. The second-order valence-corrected chi connectivity index (χ2v) is 4.39. The van der Waals surface area contributed by atoms with Crippen LogP contribution in [0.1, 0.15) is 0 Å². The van der Waals surface area contributed by atoms with Crippen LogP contribution in [0.5, 0.6) is 0 Å². The van der Waals surface area contributed by atoms with E-state index in [4.69, 9.17) is 5.26 Å². The van der Waals surface area contributed by atoms with Crippen LogP contribution in [-0.4, -0.2) is 6.26 Å². The lowest BCUT2D eigenvalue weighted by Crippen LogP contribution is -1.91. The van der Waals surface area contributed by atoms with Crippen LogP contribution in [0.25, 0.3) is 11.1 Å². The number of nitrogens with zero attached hydrogens (tertiary/aromatic N) is 1. The Labute approximate surface area is 105 Å². The van der Waals surface area contributed by atoms with Gasteiger partial charge in [0.15, 0.2) is 6.19 Å². The van der Waals surface area contributed by atoms with E-state index in [1.165, 1.54) is 4.90 Å². The monoisotopic (exact) mass is 240 g/mol. The van der Waals surface area contributed by atoms with Crippen molar-refractivity contribution in [3.63, 3.8) is 0 Å². The molecule has 0 spiro atoms. The van der Waals surface area contributed by atoms with E-state index in [1.54, 1.807) is 11.8 Å². The summed E-state index contributed by atoms with van der Waals surface area (Å²) in [6.07, 6.45) is 4.02. The van der Waals surface area contributed by atoms with Crippen molar-refractivity contribution in [1.82, 2.24) is 0 Å². The Morgan fingerprint density at radius 1 is 1.12 bits per heavy atom. The largest absolute Gasteiger partial charge is 0.292 e. The summed E-state index contributed by atoms with van der Waals surface area (Å²) in [6.45, 7) is 0. The molecule has 0 fully saturated rings. The zero-order chi connectivity index (χ0) is 12.1. The molecular formula is C14H12N2S. The molecule has 0 aliphatic heterocycles. The van der Waals surface area contributed by atoms with E-state index in [9.17, 15) is 0 Å². The van der Waals surface area contributed by atoms with E-state index in [0.29, 0.717) is 0 Å². The Hall–Kier alpha value is -1.92. The number of rotatable bonds is 3. The first-order valence-electron chi connectivity index (χ1n) is 5.23. The third-order valence-corrected chi connectivity index (χ3v) is 3.23. The lowest BCUT2D eigenvalue weighted by Gasteiger charge is -2.09. The first-order valence-corrected chi connectivity index (χ1v) is 6.46. The second kappa shape index (κ2) is 5.42. The maximum absolute atomic E-state index is 8.75. The topological polar surface area (TPSA) is 35.8 Å². The molecule has 2 rings (SSSR count). The van der Waals surface area contributed by atoms with Gasteiger partial charge in [0.05, 0.1) is 5.69 Å². The van der Waals surface area contributed by atoms with Crippen LogP contribution >= 0.6 is 11.8 Å². The lowest BCUT2D eigenvalue weighted by molar-refractivity contribution is 1.42. The van der Waals surface area contributed by atoms with Gasteiger partial charge in [-0.25, -0.2) is 0 Å². The molecule has 2 nitrogen and oxygen atoms in total. The molecule has 3 heteroatoms. The molecule has 0 aliphatic carbocycles.